The fraction of sp³-hybridized carbons (Fsp3) is 1.00. The molecule has 1 aliphatic heterocycles. The normalized spacial score (nSPS) is 32.9. The lowest BCUT2D eigenvalue weighted by molar-refractivity contribution is 0.110. The largest absolute Gasteiger partial charge is 0.314 e. The van der Waals surface area contributed by atoms with E-state index in [2.05, 4.69) is 22.0 Å². The van der Waals surface area contributed by atoms with Crippen molar-refractivity contribution in [1.82, 2.24) is 15.1 Å². The number of hydrogen-bond donors (Lipinski definition) is 1. The summed E-state index contributed by atoms with van der Waals surface area (Å²) in [6, 6.07) is 0.805. The molecule has 0 spiro atoms. The number of nitrogens with zero attached hydrogens (tertiary/aromatic N) is 2. The van der Waals surface area contributed by atoms with Crippen molar-refractivity contribution in [2.45, 2.75) is 51.5 Å². The zero-order valence-corrected chi connectivity index (χ0v) is 13.3. The maximum atomic E-state index is 3.78. The molecule has 0 bridgehead atoms. The third-order valence-corrected chi connectivity index (χ3v) is 5.49. The second-order valence-electron chi connectivity index (χ2n) is 7.30. The van der Waals surface area contributed by atoms with Gasteiger partial charge in [-0.1, -0.05) is 13.3 Å². The molecular formula is C17H33N3. The molecule has 3 aliphatic rings. The van der Waals surface area contributed by atoms with E-state index in [9.17, 15) is 0 Å². The van der Waals surface area contributed by atoms with Crippen molar-refractivity contribution in [1.29, 1.82) is 0 Å². The zero-order valence-electron chi connectivity index (χ0n) is 13.3. The number of piperazine rings is 1. The molecule has 20 heavy (non-hydrogen) atoms. The highest BCUT2D eigenvalue weighted by Gasteiger charge is 2.30. The van der Waals surface area contributed by atoms with Crippen LogP contribution in [0.25, 0.3) is 0 Å². The molecule has 1 heterocycles. The van der Waals surface area contributed by atoms with Gasteiger partial charge in [-0.15, -0.1) is 0 Å². The standard InChI is InChI=1S/C17H33N3/c1-2-8-18-17-5-3-4-16(17)14-20-11-9-19(10-12-20)13-15-6-7-15/h15-18H,2-14H2,1H3. The van der Waals surface area contributed by atoms with Crippen LogP contribution in [0, 0.1) is 11.8 Å². The van der Waals surface area contributed by atoms with E-state index in [0.717, 1.165) is 17.9 Å². The molecule has 0 amide bonds. The lowest BCUT2D eigenvalue weighted by Crippen LogP contribution is -2.49. The molecule has 3 rings (SSSR count). The van der Waals surface area contributed by atoms with Gasteiger partial charge in [-0.3, -0.25) is 0 Å². The van der Waals surface area contributed by atoms with Crippen molar-refractivity contribution in [2.24, 2.45) is 11.8 Å². The lowest BCUT2D eigenvalue weighted by atomic mass is 10.0. The topological polar surface area (TPSA) is 18.5 Å². The van der Waals surface area contributed by atoms with E-state index in [1.54, 1.807) is 0 Å². The maximum Gasteiger partial charge on any atom is 0.0110 e. The molecule has 2 unspecified atom stereocenters. The molecule has 1 N–H and O–H groups in total. The first-order valence-electron chi connectivity index (χ1n) is 9.03. The summed E-state index contributed by atoms with van der Waals surface area (Å²) in [5, 5.41) is 3.78. The van der Waals surface area contributed by atoms with Gasteiger partial charge in [-0.05, 0) is 50.5 Å². The Morgan fingerprint density at radius 1 is 0.900 bits per heavy atom. The molecule has 1 saturated heterocycles. The Balaban J connectivity index is 1.37. The monoisotopic (exact) mass is 279 g/mol. The predicted molar refractivity (Wildman–Crippen MR) is 85.0 cm³/mol. The number of hydrogen-bond acceptors (Lipinski definition) is 3. The van der Waals surface area contributed by atoms with E-state index in [0.29, 0.717) is 0 Å². The van der Waals surface area contributed by atoms with Crippen molar-refractivity contribution in [3.63, 3.8) is 0 Å². The third kappa shape index (κ3) is 4.19. The summed E-state index contributed by atoms with van der Waals surface area (Å²) in [5.41, 5.74) is 0. The molecule has 0 aromatic heterocycles. The average Bonchev–Trinajstić information content (AvgIpc) is 3.17. The van der Waals surface area contributed by atoms with Crippen LogP contribution in [-0.4, -0.2) is 61.7 Å². The molecule has 0 radical (unpaired) electrons. The summed E-state index contributed by atoms with van der Waals surface area (Å²) >= 11 is 0. The van der Waals surface area contributed by atoms with Crippen molar-refractivity contribution in [2.75, 3.05) is 45.8 Å². The minimum Gasteiger partial charge on any atom is -0.314 e. The first-order chi connectivity index (χ1) is 9.85. The van der Waals surface area contributed by atoms with E-state index in [-0.39, 0.29) is 0 Å². The highest BCUT2D eigenvalue weighted by molar-refractivity contribution is 4.87. The molecule has 3 nitrogen and oxygen atoms in total. The Hall–Kier alpha value is -0.120. The van der Waals surface area contributed by atoms with Crippen LogP contribution in [0.5, 0.6) is 0 Å². The Labute approximate surface area is 125 Å². The highest BCUT2D eigenvalue weighted by atomic mass is 15.3. The van der Waals surface area contributed by atoms with Gasteiger partial charge in [0.2, 0.25) is 0 Å². The Morgan fingerprint density at radius 2 is 1.60 bits per heavy atom. The van der Waals surface area contributed by atoms with E-state index >= 15 is 0 Å². The second-order valence-corrected chi connectivity index (χ2v) is 7.30. The van der Waals surface area contributed by atoms with Crippen LogP contribution in [0.1, 0.15) is 45.4 Å². The number of rotatable bonds is 7. The van der Waals surface area contributed by atoms with Gasteiger partial charge in [-0.25, -0.2) is 0 Å². The van der Waals surface area contributed by atoms with E-state index < -0.39 is 0 Å². The summed E-state index contributed by atoms with van der Waals surface area (Å²) in [4.78, 5) is 5.44. The van der Waals surface area contributed by atoms with E-state index in [1.165, 1.54) is 84.3 Å². The van der Waals surface area contributed by atoms with Gasteiger partial charge < -0.3 is 15.1 Å². The van der Waals surface area contributed by atoms with Gasteiger partial charge in [0.25, 0.3) is 0 Å². The van der Waals surface area contributed by atoms with Gasteiger partial charge in [0.1, 0.15) is 0 Å². The van der Waals surface area contributed by atoms with Crippen LogP contribution >= 0.6 is 0 Å². The van der Waals surface area contributed by atoms with Gasteiger partial charge in [-0.2, -0.15) is 0 Å². The van der Waals surface area contributed by atoms with Gasteiger partial charge in [0.05, 0.1) is 0 Å². The molecule has 2 aliphatic carbocycles. The summed E-state index contributed by atoms with van der Waals surface area (Å²) in [6.07, 6.45) is 8.55. The molecule has 2 saturated carbocycles. The third-order valence-electron chi connectivity index (χ3n) is 5.49. The van der Waals surface area contributed by atoms with Crippen molar-refractivity contribution in [3.05, 3.63) is 0 Å². The molecule has 0 aromatic rings. The Bertz CT molecular complexity index is 282. The van der Waals surface area contributed by atoms with Crippen LogP contribution in [0.15, 0.2) is 0 Å². The van der Waals surface area contributed by atoms with Crippen molar-refractivity contribution >= 4 is 0 Å². The molecular weight excluding hydrogens is 246 g/mol. The fourth-order valence-corrected chi connectivity index (χ4v) is 4.01. The van der Waals surface area contributed by atoms with Crippen LogP contribution < -0.4 is 5.32 Å². The minimum atomic E-state index is 0.805. The van der Waals surface area contributed by atoms with Gasteiger partial charge in [0, 0.05) is 45.3 Å². The van der Waals surface area contributed by atoms with Crippen molar-refractivity contribution in [3.8, 4) is 0 Å². The minimum absolute atomic E-state index is 0.805. The molecule has 116 valence electrons. The van der Waals surface area contributed by atoms with E-state index in [1.807, 2.05) is 0 Å². The van der Waals surface area contributed by atoms with Crippen LogP contribution in [0.3, 0.4) is 0 Å². The summed E-state index contributed by atoms with van der Waals surface area (Å²) < 4.78 is 0. The zero-order chi connectivity index (χ0) is 13.8. The molecule has 0 aromatic carbocycles. The molecule has 3 fully saturated rings. The Morgan fingerprint density at radius 3 is 2.25 bits per heavy atom. The lowest BCUT2D eigenvalue weighted by Gasteiger charge is -2.37. The molecule has 3 heteroatoms. The van der Waals surface area contributed by atoms with Gasteiger partial charge >= 0.3 is 0 Å². The first-order valence-corrected chi connectivity index (χ1v) is 9.03. The highest BCUT2D eigenvalue weighted by Crippen LogP contribution is 2.30. The predicted octanol–water partition coefficient (Wildman–Crippen LogP) is 2.18. The first kappa shape index (κ1) is 14.8. The van der Waals surface area contributed by atoms with E-state index in [4.69, 9.17) is 0 Å². The van der Waals surface area contributed by atoms with Crippen molar-refractivity contribution < 1.29 is 0 Å². The van der Waals surface area contributed by atoms with Crippen LogP contribution in [-0.2, 0) is 0 Å². The summed E-state index contributed by atoms with van der Waals surface area (Å²) in [6.45, 7) is 11.5. The smallest absolute Gasteiger partial charge is 0.0110 e. The average molecular weight is 279 g/mol. The summed E-state index contributed by atoms with van der Waals surface area (Å²) in [5.74, 6) is 1.97. The molecule has 2 atom stereocenters. The Kier molecular flexibility index (Phi) is 5.36. The fourth-order valence-electron chi connectivity index (χ4n) is 4.01. The SMILES string of the molecule is CCCNC1CCCC1CN1CCN(CC2CC2)CC1. The van der Waals surface area contributed by atoms with Crippen LogP contribution in [0.4, 0.5) is 0 Å². The van der Waals surface area contributed by atoms with Crippen LogP contribution in [0.2, 0.25) is 0 Å². The second kappa shape index (κ2) is 7.24. The quantitative estimate of drug-likeness (QED) is 0.770. The maximum absolute atomic E-state index is 3.78. The van der Waals surface area contributed by atoms with Gasteiger partial charge in [0.15, 0.2) is 0 Å². The number of nitrogens with one attached hydrogen (secondary N) is 1. The summed E-state index contributed by atoms with van der Waals surface area (Å²) in [7, 11) is 0.